The van der Waals surface area contributed by atoms with Crippen molar-refractivity contribution in [1.29, 1.82) is 0 Å². The van der Waals surface area contributed by atoms with Crippen molar-refractivity contribution in [2.75, 3.05) is 20.3 Å². The number of hydrazone groups is 1. The topological polar surface area (TPSA) is 54.9 Å². The van der Waals surface area contributed by atoms with Crippen LogP contribution in [0.15, 0.2) is 23.3 Å². The maximum Gasteiger partial charge on any atom is 0.186 e. The molecule has 5 nitrogen and oxygen atoms in total. The summed E-state index contributed by atoms with van der Waals surface area (Å²) >= 11 is 5.01. The molecule has 0 radical (unpaired) electrons. The largest absolute Gasteiger partial charge is 0.493 e. The van der Waals surface area contributed by atoms with E-state index in [-0.39, 0.29) is 0 Å². The second-order valence-electron chi connectivity index (χ2n) is 3.99. The lowest BCUT2D eigenvalue weighted by Gasteiger charge is -2.10. The standard InChI is InChI=1S/C14H21N3O2S/c1-4-8-19-13-9-11(6-7-12(13)18-3)10-16-17-14(20)15-5-2/h6-7,9-10H,4-5,8H2,1-3H3,(H2,15,17,20)/b16-10+. The Hall–Kier alpha value is -1.82. The van der Waals surface area contributed by atoms with E-state index in [1.54, 1.807) is 13.3 Å². The average Bonchev–Trinajstić information content (AvgIpc) is 2.45. The smallest absolute Gasteiger partial charge is 0.186 e. The summed E-state index contributed by atoms with van der Waals surface area (Å²) < 4.78 is 10.9. The quantitative estimate of drug-likeness (QED) is 0.459. The van der Waals surface area contributed by atoms with E-state index in [2.05, 4.69) is 22.8 Å². The molecule has 0 unspecified atom stereocenters. The molecular formula is C14H21N3O2S. The van der Waals surface area contributed by atoms with E-state index >= 15 is 0 Å². The zero-order valence-electron chi connectivity index (χ0n) is 12.1. The number of methoxy groups -OCH3 is 1. The monoisotopic (exact) mass is 295 g/mol. The van der Waals surface area contributed by atoms with Gasteiger partial charge in [0.05, 0.1) is 19.9 Å². The van der Waals surface area contributed by atoms with Crippen LogP contribution in [0.2, 0.25) is 0 Å². The number of nitrogens with one attached hydrogen (secondary N) is 2. The van der Waals surface area contributed by atoms with Gasteiger partial charge in [-0.05, 0) is 49.3 Å². The van der Waals surface area contributed by atoms with Crippen LogP contribution in [-0.2, 0) is 0 Å². The van der Waals surface area contributed by atoms with Crippen LogP contribution < -0.4 is 20.2 Å². The normalized spacial score (nSPS) is 10.3. The number of benzene rings is 1. The Morgan fingerprint density at radius 2 is 2.15 bits per heavy atom. The van der Waals surface area contributed by atoms with Crippen LogP contribution in [0.3, 0.4) is 0 Å². The van der Waals surface area contributed by atoms with Crippen molar-refractivity contribution in [2.24, 2.45) is 5.10 Å². The molecule has 0 saturated carbocycles. The molecule has 2 N–H and O–H groups in total. The van der Waals surface area contributed by atoms with Crippen molar-refractivity contribution in [3.05, 3.63) is 23.8 Å². The van der Waals surface area contributed by atoms with Crippen LogP contribution in [0.1, 0.15) is 25.8 Å². The molecule has 0 aliphatic rings. The third-order valence-electron chi connectivity index (χ3n) is 2.37. The van der Waals surface area contributed by atoms with Gasteiger partial charge in [0, 0.05) is 6.54 Å². The minimum atomic E-state index is 0.500. The van der Waals surface area contributed by atoms with Gasteiger partial charge in [-0.3, -0.25) is 5.43 Å². The van der Waals surface area contributed by atoms with Crippen molar-refractivity contribution < 1.29 is 9.47 Å². The van der Waals surface area contributed by atoms with Gasteiger partial charge >= 0.3 is 0 Å². The first kappa shape index (κ1) is 16.2. The van der Waals surface area contributed by atoms with Gasteiger partial charge in [0.25, 0.3) is 0 Å². The van der Waals surface area contributed by atoms with Crippen molar-refractivity contribution in [3.8, 4) is 11.5 Å². The Balaban J connectivity index is 2.70. The molecular weight excluding hydrogens is 274 g/mol. The molecule has 1 aromatic rings. The Labute approximate surface area is 125 Å². The summed E-state index contributed by atoms with van der Waals surface area (Å²) in [6.07, 6.45) is 2.63. The molecule has 0 heterocycles. The third kappa shape index (κ3) is 5.44. The van der Waals surface area contributed by atoms with E-state index in [0.717, 1.165) is 18.5 Å². The molecule has 0 aliphatic carbocycles. The predicted molar refractivity (Wildman–Crippen MR) is 85.8 cm³/mol. The lowest BCUT2D eigenvalue weighted by Crippen LogP contribution is -2.31. The summed E-state index contributed by atoms with van der Waals surface area (Å²) in [7, 11) is 1.62. The summed E-state index contributed by atoms with van der Waals surface area (Å²) in [6, 6.07) is 5.64. The number of hydrogen-bond acceptors (Lipinski definition) is 4. The Morgan fingerprint density at radius 3 is 2.80 bits per heavy atom. The van der Waals surface area contributed by atoms with Crippen LogP contribution in [0.5, 0.6) is 11.5 Å². The molecule has 6 heteroatoms. The summed E-state index contributed by atoms with van der Waals surface area (Å²) in [4.78, 5) is 0. The highest BCUT2D eigenvalue weighted by molar-refractivity contribution is 7.80. The lowest BCUT2D eigenvalue weighted by atomic mass is 10.2. The summed E-state index contributed by atoms with van der Waals surface area (Å²) in [5.41, 5.74) is 3.65. The highest BCUT2D eigenvalue weighted by Crippen LogP contribution is 2.27. The van der Waals surface area contributed by atoms with E-state index in [1.165, 1.54) is 0 Å². The van der Waals surface area contributed by atoms with Crippen molar-refractivity contribution in [3.63, 3.8) is 0 Å². The van der Waals surface area contributed by atoms with E-state index in [1.807, 2.05) is 25.1 Å². The fraction of sp³-hybridized carbons (Fsp3) is 0.429. The fourth-order valence-corrected chi connectivity index (χ4v) is 1.66. The summed E-state index contributed by atoms with van der Waals surface area (Å²) in [5, 5.41) is 7.51. The van der Waals surface area contributed by atoms with Gasteiger partial charge in [-0.25, -0.2) is 0 Å². The van der Waals surface area contributed by atoms with Crippen LogP contribution in [-0.4, -0.2) is 31.6 Å². The van der Waals surface area contributed by atoms with Gasteiger partial charge in [-0.1, -0.05) is 6.92 Å². The molecule has 0 fully saturated rings. The Morgan fingerprint density at radius 1 is 1.35 bits per heavy atom. The highest BCUT2D eigenvalue weighted by Gasteiger charge is 2.04. The van der Waals surface area contributed by atoms with Gasteiger partial charge in [0.2, 0.25) is 0 Å². The molecule has 0 aliphatic heterocycles. The van der Waals surface area contributed by atoms with Crippen LogP contribution >= 0.6 is 12.2 Å². The zero-order valence-corrected chi connectivity index (χ0v) is 12.9. The second-order valence-corrected chi connectivity index (χ2v) is 4.40. The van der Waals surface area contributed by atoms with E-state index in [4.69, 9.17) is 21.7 Å². The Kier molecular flexibility index (Phi) is 7.42. The number of thiocarbonyl (C=S) groups is 1. The molecule has 0 spiro atoms. The Bertz CT molecular complexity index is 464. The highest BCUT2D eigenvalue weighted by atomic mass is 32.1. The second kappa shape index (κ2) is 9.14. The molecule has 0 aromatic heterocycles. The predicted octanol–water partition coefficient (Wildman–Crippen LogP) is 2.30. The minimum Gasteiger partial charge on any atom is -0.493 e. The fourth-order valence-electron chi connectivity index (χ4n) is 1.46. The van der Waals surface area contributed by atoms with Crippen LogP contribution in [0.25, 0.3) is 0 Å². The molecule has 1 rings (SSSR count). The zero-order chi connectivity index (χ0) is 14.8. The van der Waals surface area contributed by atoms with Gasteiger partial charge in [-0.2, -0.15) is 5.10 Å². The van der Waals surface area contributed by atoms with E-state index in [9.17, 15) is 0 Å². The van der Waals surface area contributed by atoms with Crippen molar-refractivity contribution in [2.45, 2.75) is 20.3 Å². The van der Waals surface area contributed by atoms with E-state index in [0.29, 0.717) is 23.2 Å². The molecule has 0 saturated heterocycles. The van der Waals surface area contributed by atoms with Gasteiger partial charge in [0.15, 0.2) is 16.6 Å². The van der Waals surface area contributed by atoms with Crippen molar-refractivity contribution >= 4 is 23.5 Å². The average molecular weight is 295 g/mol. The minimum absolute atomic E-state index is 0.500. The summed E-state index contributed by atoms with van der Waals surface area (Å²) in [6.45, 7) is 5.44. The molecule has 0 bridgehead atoms. The number of nitrogens with zero attached hydrogens (tertiary/aromatic N) is 1. The molecule has 110 valence electrons. The third-order valence-corrected chi connectivity index (χ3v) is 2.60. The maximum atomic E-state index is 5.64. The van der Waals surface area contributed by atoms with Crippen LogP contribution in [0.4, 0.5) is 0 Å². The van der Waals surface area contributed by atoms with Crippen LogP contribution in [0, 0.1) is 0 Å². The first-order valence-electron chi connectivity index (χ1n) is 6.59. The van der Waals surface area contributed by atoms with Gasteiger partial charge in [-0.15, -0.1) is 0 Å². The number of ether oxygens (including phenoxy) is 2. The van der Waals surface area contributed by atoms with Gasteiger partial charge < -0.3 is 14.8 Å². The molecule has 0 atom stereocenters. The molecule has 1 aromatic carbocycles. The SMILES string of the molecule is CCCOc1cc(/C=N/NC(=S)NCC)ccc1OC. The summed E-state index contributed by atoms with van der Waals surface area (Å²) in [5.74, 6) is 1.43. The lowest BCUT2D eigenvalue weighted by molar-refractivity contribution is 0.294. The van der Waals surface area contributed by atoms with E-state index < -0.39 is 0 Å². The van der Waals surface area contributed by atoms with Gasteiger partial charge in [0.1, 0.15) is 0 Å². The molecule has 0 amide bonds. The number of rotatable bonds is 7. The first-order valence-corrected chi connectivity index (χ1v) is 6.99. The number of hydrogen-bond donors (Lipinski definition) is 2. The maximum absolute atomic E-state index is 5.64. The first-order chi connectivity index (χ1) is 9.71. The molecule has 20 heavy (non-hydrogen) atoms. The van der Waals surface area contributed by atoms with Crippen molar-refractivity contribution in [1.82, 2.24) is 10.7 Å².